The van der Waals surface area contributed by atoms with E-state index in [1.165, 1.54) is 5.56 Å². The first kappa shape index (κ1) is 14.7. The molecule has 3 aliphatic rings. The van der Waals surface area contributed by atoms with E-state index < -0.39 is 0 Å². The van der Waals surface area contributed by atoms with Crippen LogP contribution in [0.1, 0.15) is 23.5 Å². The molecule has 0 aliphatic carbocycles. The van der Waals surface area contributed by atoms with Gasteiger partial charge in [0.1, 0.15) is 0 Å². The van der Waals surface area contributed by atoms with Crippen molar-refractivity contribution in [3.8, 4) is 11.5 Å². The molecule has 2 aromatic carbocycles. The number of ether oxygens (including phenoxy) is 2. The molecule has 3 atom stereocenters. The summed E-state index contributed by atoms with van der Waals surface area (Å²) in [6.07, 6.45) is 4.65. The quantitative estimate of drug-likeness (QED) is 0.864. The lowest BCUT2D eigenvalue weighted by molar-refractivity contribution is -0.119. The van der Waals surface area contributed by atoms with E-state index in [1.54, 1.807) is 6.08 Å². The minimum absolute atomic E-state index is 0.0571. The summed E-state index contributed by atoms with van der Waals surface area (Å²) in [5.74, 6) is 2.11. The second kappa shape index (κ2) is 5.74. The van der Waals surface area contributed by atoms with E-state index in [2.05, 4.69) is 29.2 Å². The van der Waals surface area contributed by atoms with Gasteiger partial charge in [-0.15, -0.1) is 0 Å². The number of hydrogen-bond donors (Lipinski definition) is 0. The van der Waals surface area contributed by atoms with Crippen molar-refractivity contribution in [3.63, 3.8) is 0 Å². The lowest BCUT2D eigenvalue weighted by Crippen LogP contribution is -2.42. The highest BCUT2D eigenvalue weighted by molar-refractivity contribution is 5.96. The number of carbonyl (C=O) groups is 1. The largest absolute Gasteiger partial charge is 0.454 e. The lowest BCUT2D eigenvalue weighted by Gasteiger charge is -2.31. The standard InChI is InChI=1S/C21H19NO3/c23-19-10-9-17-16(15-7-4-8-20-21(15)25-13-24-20)11-18(19)22(17)12-14-5-2-1-3-6-14/h1-10,16-18H,11-13H2. The van der Waals surface area contributed by atoms with Crippen LogP contribution in [0.2, 0.25) is 0 Å². The Labute approximate surface area is 146 Å². The summed E-state index contributed by atoms with van der Waals surface area (Å²) in [5, 5.41) is 0. The SMILES string of the molecule is O=C1C=CC2C(c3cccc4c3OCO4)CC1N2Cc1ccccc1. The van der Waals surface area contributed by atoms with Crippen molar-refractivity contribution in [2.24, 2.45) is 0 Å². The lowest BCUT2D eigenvalue weighted by atomic mass is 9.90. The zero-order valence-corrected chi connectivity index (χ0v) is 13.8. The summed E-state index contributed by atoms with van der Waals surface area (Å²) in [6, 6.07) is 16.6. The maximum atomic E-state index is 12.5. The molecule has 5 rings (SSSR count). The molecule has 0 N–H and O–H groups in total. The summed E-state index contributed by atoms with van der Waals surface area (Å²) in [7, 11) is 0. The second-order valence-electron chi connectivity index (χ2n) is 6.85. The third-order valence-corrected chi connectivity index (χ3v) is 5.49. The monoisotopic (exact) mass is 333 g/mol. The fourth-order valence-electron chi connectivity index (χ4n) is 4.35. The molecule has 0 amide bonds. The molecule has 4 nitrogen and oxygen atoms in total. The molecule has 25 heavy (non-hydrogen) atoms. The van der Waals surface area contributed by atoms with Crippen LogP contribution in [0.3, 0.4) is 0 Å². The van der Waals surface area contributed by atoms with E-state index >= 15 is 0 Å². The normalized spacial score (nSPS) is 27.0. The Kier molecular flexibility index (Phi) is 3.38. The van der Waals surface area contributed by atoms with Gasteiger partial charge < -0.3 is 9.47 Å². The number of hydrogen-bond acceptors (Lipinski definition) is 4. The summed E-state index contributed by atoms with van der Waals surface area (Å²) in [5.41, 5.74) is 2.39. The van der Waals surface area contributed by atoms with E-state index in [9.17, 15) is 4.79 Å². The third-order valence-electron chi connectivity index (χ3n) is 5.49. The smallest absolute Gasteiger partial charge is 0.231 e. The topological polar surface area (TPSA) is 38.8 Å². The molecule has 126 valence electrons. The molecule has 2 bridgehead atoms. The van der Waals surface area contributed by atoms with Crippen LogP contribution in [0.25, 0.3) is 0 Å². The second-order valence-corrected chi connectivity index (χ2v) is 6.85. The summed E-state index contributed by atoms with van der Waals surface area (Å²) in [4.78, 5) is 14.8. The molecule has 3 aliphatic heterocycles. The van der Waals surface area contributed by atoms with E-state index in [4.69, 9.17) is 9.47 Å². The number of rotatable bonds is 3. The Morgan fingerprint density at radius 3 is 2.80 bits per heavy atom. The molecular weight excluding hydrogens is 314 g/mol. The Hall–Kier alpha value is -2.59. The van der Waals surface area contributed by atoms with Gasteiger partial charge in [-0.3, -0.25) is 9.69 Å². The summed E-state index contributed by atoms with van der Waals surface area (Å²) in [6.45, 7) is 1.06. The van der Waals surface area contributed by atoms with Crippen molar-refractivity contribution in [2.75, 3.05) is 6.79 Å². The predicted molar refractivity (Wildman–Crippen MR) is 93.6 cm³/mol. The highest BCUT2D eigenvalue weighted by Gasteiger charge is 2.46. The van der Waals surface area contributed by atoms with Crippen molar-refractivity contribution < 1.29 is 14.3 Å². The van der Waals surface area contributed by atoms with Gasteiger partial charge in [-0.1, -0.05) is 48.5 Å². The van der Waals surface area contributed by atoms with Crippen LogP contribution in [0.4, 0.5) is 0 Å². The Bertz CT molecular complexity index is 845. The zero-order chi connectivity index (χ0) is 16.8. The van der Waals surface area contributed by atoms with Gasteiger partial charge in [0.2, 0.25) is 6.79 Å². The van der Waals surface area contributed by atoms with Crippen LogP contribution in [-0.2, 0) is 11.3 Å². The number of fused-ring (bicyclic) bond motifs is 3. The minimum atomic E-state index is -0.0571. The van der Waals surface area contributed by atoms with Crippen molar-refractivity contribution in [1.82, 2.24) is 4.90 Å². The van der Waals surface area contributed by atoms with Crippen LogP contribution in [0.5, 0.6) is 11.5 Å². The number of ketones is 1. The highest BCUT2D eigenvalue weighted by atomic mass is 16.7. The molecule has 3 heterocycles. The van der Waals surface area contributed by atoms with Gasteiger partial charge in [-0.05, 0) is 24.1 Å². The van der Waals surface area contributed by atoms with E-state index in [0.29, 0.717) is 0 Å². The minimum Gasteiger partial charge on any atom is -0.454 e. The van der Waals surface area contributed by atoms with Crippen LogP contribution >= 0.6 is 0 Å². The number of carbonyl (C=O) groups excluding carboxylic acids is 1. The first-order chi connectivity index (χ1) is 12.3. The van der Waals surface area contributed by atoms with Crippen molar-refractivity contribution >= 4 is 5.78 Å². The molecule has 1 saturated heterocycles. The molecular formula is C21H19NO3. The Balaban J connectivity index is 1.51. The molecule has 0 aromatic heterocycles. The van der Waals surface area contributed by atoms with Crippen LogP contribution in [0, 0.1) is 0 Å². The van der Waals surface area contributed by atoms with Gasteiger partial charge in [-0.2, -0.15) is 0 Å². The fraction of sp³-hybridized carbons (Fsp3) is 0.286. The molecule has 0 spiro atoms. The molecule has 0 radical (unpaired) electrons. The van der Waals surface area contributed by atoms with Crippen molar-refractivity contribution in [3.05, 3.63) is 71.8 Å². The number of benzene rings is 2. The molecule has 2 aromatic rings. The molecule has 0 saturated carbocycles. The Morgan fingerprint density at radius 2 is 1.92 bits per heavy atom. The molecule has 4 heteroatoms. The maximum absolute atomic E-state index is 12.5. The number of nitrogens with zero attached hydrogens (tertiary/aromatic N) is 1. The van der Waals surface area contributed by atoms with Gasteiger partial charge in [0, 0.05) is 24.1 Å². The van der Waals surface area contributed by atoms with Crippen molar-refractivity contribution in [1.29, 1.82) is 0 Å². The first-order valence-electron chi connectivity index (χ1n) is 8.71. The van der Waals surface area contributed by atoms with Crippen LogP contribution in [0.15, 0.2) is 60.7 Å². The van der Waals surface area contributed by atoms with Gasteiger partial charge in [0.25, 0.3) is 0 Å². The number of para-hydroxylation sites is 1. The van der Waals surface area contributed by atoms with Crippen LogP contribution in [-0.4, -0.2) is 29.6 Å². The average Bonchev–Trinajstić information content (AvgIpc) is 3.21. The van der Waals surface area contributed by atoms with Gasteiger partial charge in [0.05, 0.1) is 6.04 Å². The van der Waals surface area contributed by atoms with Crippen molar-refractivity contribution in [2.45, 2.75) is 31.0 Å². The molecule has 3 unspecified atom stereocenters. The Morgan fingerprint density at radius 1 is 1.04 bits per heavy atom. The summed E-state index contributed by atoms with van der Waals surface area (Å²) < 4.78 is 11.3. The third kappa shape index (κ3) is 2.36. The van der Waals surface area contributed by atoms with Gasteiger partial charge in [-0.25, -0.2) is 0 Å². The maximum Gasteiger partial charge on any atom is 0.231 e. The fourth-order valence-corrected chi connectivity index (χ4v) is 4.35. The van der Waals surface area contributed by atoms with Gasteiger partial charge in [0.15, 0.2) is 17.3 Å². The first-order valence-corrected chi connectivity index (χ1v) is 8.71. The summed E-state index contributed by atoms with van der Waals surface area (Å²) >= 11 is 0. The van der Waals surface area contributed by atoms with E-state index in [1.807, 2.05) is 30.3 Å². The zero-order valence-electron chi connectivity index (χ0n) is 13.8. The highest BCUT2D eigenvalue weighted by Crippen LogP contribution is 2.48. The van der Waals surface area contributed by atoms with Crippen LogP contribution < -0.4 is 9.47 Å². The van der Waals surface area contributed by atoms with Gasteiger partial charge >= 0.3 is 0 Å². The molecule has 1 fully saturated rings. The van der Waals surface area contributed by atoms with E-state index in [0.717, 1.165) is 30.0 Å². The average molecular weight is 333 g/mol. The predicted octanol–water partition coefficient (Wildman–Crippen LogP) is 3.28. The van der Waals surface area contributed by atoms with E-state index in [-0.39, 0.29) is 30.6 Å².